The van der Waals surface area contributed by atoms with Crippen molar-refractivity contribution in [2.45, 2.75) is 6.29 Å². The number of benzene rings is 1. The number of carbonyl (C=O) groups excluding carboxylic acids is 1. The highest BCUT2D eigenvalue weighted by molar-refractivity contribution is 5.97. The quantitative estimate of drug-likeness (QED) is 0.583. The fourth-order valence-corrected chi connectivity index (χ4v) is 1.34. The average molecular weight is 209 g/mol. The summed E-state index contributed by atoms with van der Waals surface area (Å²) in [6.45, 7) is 0.00802. The number of Topliss-reactive ketones (excluding diaryl/α,β-unsaturated/α-hetero) is 1. The van der Waals surface area contributed by atoms with Crippen LogP contribution in [-0.4, -0.2) is 26.5 Å². The second-order valence-corrected chi connectivity index (χ2v) is 3.06. The minimum absolute atomic E-state index is 0.00802. The molecule has 0 saturated carbocycles. The number of nitrogens with two attached hydrogens (primary N) is 1. The van der Waals surface area contributed by atoms with Crippen LogP contribution in [0.25, 0.3) is 0 Å². The summed E-state index contributed by atoms with van der Waals surface area (Å²) in [5.74, 6) is -0.0946. The van der Waals surface area contributed by atoms with Gasteiger partial charge in [0.15, 0.2) is 12.1 Å². The highest BCUT2D eigenvalue weighted by Crippen LogP contribution is 2.18. The number of ether oxygens (including phenoxy) is 2. The van der Waals surface area contributed by atoms with Crippen molar-refractivity contribution in [2.75, 3.05) is 20.8 Å². The van der Waals surface area contributed by atoms with Gasteiger partial charge in [0.25, 0.3) is 0 Å². The summed E-state index contributed by atoms with van der Waals surface area (Å²) in [5.41, 5.74) is 6.67. The molecule has 0 heterocycles. The number of methoxy groups -OCH3 is 2. The van der Waals surface area contributed by atoms with Gasteiger partial charge in [-0.1, -0.05) is 18.2 Å². The van der Waals surface area contributed by atoms with Gasteiger partial charge in [0.2, 0.25) is 0 Å². The summed E-state index contributed by atoms with van der Waals surface area (Å²) in [6.07, 6.45) is -0.449. The highest BCUT2D eigenvalue weighted by Gasteiger charge is 2.11. The Balaban J connectivity index is 2.96. The van der Waals surface area contributed by atoms with Crippen molar-refractivity contribution in [2.24, 2.45) is 5.73 Å². The smallest absolute Gasteiger partial charge is 0.183 e. The lowest BCUT2D eigenvalue weighted by molar-refractivity contribution is -0.106. The number of rotatable bonds is 5. The Morgan fingerprint density at radius 3 is 2.60 bits per heavy atom. The molecule has 4 heteroatoms. The highest BCUT2D eigenvalue weighted by atomic mass is 16.7. The Morgan fingerprint density at radius 2 is 2.07 bits per heavy atom. The van der Waals surface area contributed by atoms with E-state index in [1.165, 1.54) is 0 Å². The molecule has 0 saturated heterocycles. The summed E-state index contributed by atoms with van der Waals surface area (Å²) >= 11 is 0. The molecule has 1 aromatic carbocycles. The number of hydrogen-bond acceptors (Lipinski definition) is 4. The third-order valence-corrected chi connectivity index (χ3v) is 2.09. The first kappa shape index (κ1) is 11.8. The van der Waals surface area contributed by atoms with Gasteiger partial charge in [0, 0.05) is 25.3 Å². The number of hydrogen-bond donors (Lipinski definition) is 1. The van der Waals surface area contributed by atoms with Gasteiger partial charge in [-0.2, -0.15) is 0 Å². The maximum absolute atomic E-state index is 11.4. The second kappa shape index (κ2) is 5.60. The molecule has 0 unspecified atom stereocenters. The molecule has 0 spiro atoms. The summed E-state index contributed by atoms with van der Waals surface area (Å²) in [7, 11) is 3.09. The Labute approximate surface area is 89.0 Å². The first-order valence-electron chi connectivity index (χ1n) is 4.61. The van der Waals surface area contributed by atoms with Gasteiger partial charge in [-0.3, -0.25) is 4.79 Å². The molecule has 0 aromatic heterocycles. The fraction of sp³-hybridized carbons (Fsp3) is 0.364. The molecule has 0 radical (unpaired) electrons. The largest absolute Gasteiger partial charge is 0.352 e. The molecule has 4 nitrogen and oxygen atoms in total. The fourth-order valence-electron chi connectivity index (χ4n) is 1.34. The van der Waals surface area contributed by atoms with E-state index in [1.54, 1.807) is 32.4 Å². The van der Waals surface area contributed by atoms with Crippen LogP contribution in [0.1, 0.15) is 22.2 Å². The predicted octanol–water partition coefficient (Wildman–Crippen LogP) is 1.12. The zero-order chi connectivity index (χ0) is 11.3. The first-order chi connectivity index (χ1) is 7.22. The van der Waals surface area contributed by atoms with Crippen LogP contribution in [-0.2, 0) is 9.47 Å². The molecule has 0 fully saturated rings. The second-order valence-electron chi connectivity index (χ2n) is 3.06. The van der Waals surface area contributed by atoms with E-state index < -0.39 is 6.29 Å². The van der Waals surface area contributed by atoms with Gasteiger partial charge in [0.05, 0.1) is 6.54 Å². The van der Waals surface area contributed by atoms with Crippen LogP contribution < -0.4 is 5.73 Å². The zero-order valence-corrected chi connectivity index (χ0v) is 8.90. The van der Waals surface area contributed by atoms with E-state index in [4.69, 9.17) is 15.2 Å². The first-order valence-corrected chi connectivity index (χ1v) is 4.61. The standard InChI is InChI=1S/C11H15NO3/c1-14-11(15-2)9-5-3-4-8(6-9)10(13)7-12/h3-6,11H,7,12H2,1-2H3. The van der Waals surface area contributed by atoms with Gasteiger partial charge in [-0.25, -0.2) is 0 Å². The monoisotopic (exact) mass is 209 g/mol. The number of carbonyl (C=O) groups is 1. The van der Waals surface area contributed by atoms with Gasteiger partial charge in [-0.05, 0) is 6.07 Å². The van der Waals surface area contributed by atoms with Crippen molar-refractivity contribution in [3.05, 3.63) is 35.4 Å². The normalized spacial score (nSPS) is 10.7. The van der Waals surface area contributed by atoms with Crippen LogP contribution in [0, 0.1) is 0 Å². The molecule has 82 valence electrons. The van der Waals surface area contributed by atoms with Crippen molar-refractivity contribution >= 4 is 5.78 Å². The molecule has 1 aromatic rings. The molecule has 1 rings (SSSR count). The molecule has 0 aliphatic rings. The molecule has 2 N–H and O–H groups in total. The lowest BCUT2D eigenvalue weighted by Crippen LogP contribution is -2.14. The molecule has 0 aliphatic heterocycles. The van der Waals surface area contributed by atoms with E-state index >= 15 is 0 Å². The molecule has 0 atom stereocenters. The summed E-state index contributed by atoms with van der Waals surface area (Å²) in [5, 5.41) is 0. The molecular formula is C11H15NO3. The topological polar surface area (TPSA) is 61.5 Å². The lowest BCUT2D eigenvalue weighted by Gasteiger charge is -2.14. The molecule has 0 amide bonds. The van der Waals surface area contributed by atoms with Crippen molar-refractivity contribution < 1.29 is 14.3 Å². The van der Waals surface area contributed by atoms with Crippen LogP contribution in [0.3, 0.4) is 0 Å². The van der Waals surface area contributed by atoms with Gasteiger partial charge in [-0.15, -0.1) is 0 Å². The van der Waals surface area contributed by atoms with Gasteiger partial charge in [0.1, 0.15) is 0 Å². The lowest BCUT2D eigenvalue weighted by atomic mass is 10.1. The van der Waals surface area contributed by atoms with Gasteiger partial charge < -0.3 is 15.2 Å². The molecule has 0 aliphatic carbocycles. The zero-order valence-electron chi connectivity index (χ0n) is 8.90. The summed E-state index contributed by atoms with van der Waals surface area (Å²) < 4.78 is 10.2. The maximum Gasteiger partial charge on any atom is 0.183 e. The van der Waals surface area contributed by atoms with Gasteiger partial charge >= 0.3 is 0 Å². The minimum atomic E-state index is -0.449. The van der Waals surface area contributed by atoms with Crippen molar-refractivity contribution in [1.82, 2.24) is 0 Å². The van der Waals surface area contributed by atoms with E-state index in [0.29, 0.717) is 5.56 Å². The van der Waals surface area contributed by atoms with Crippen LogP contribution >= 0.6 is 0 Å². The molecule has 0 bridgehead atoms. The Morgan fingerprint density at radius 1 is 1.40 bits per heavy atom. The molecular weight excluding hydrogens is 194 g/mol. The average Bonchev–Trinajstić information content (AvgIpc) is 2.30. The van der Waals surface area contributed by atoms with E-state index in [1.807, 2.05) is 6.07 Å². The summed E-state index contributed by atoms with van der Waals surface area (Å²) in [6, 6.07) is 7.07. The third kappa shape index (κ3) is 2.86. The van der Waals surface area contributed by atoms with Crippen molar-refractivity contribution in [1.29, 1.82) is 0 Å². The van der Waals surface area contributed by atoms with E-state index in [0.717, 1.165) is 5.56 Å². The Hall–Kier alpha value is -1.23. The predicted molar refractivity (Wildman–Crippen MR) is 56.6 cm³/mol. The van der Waals surface area contributed by atoms with Crippen LogP contribution in [0.2, 0.25) is 0 Å². The number of ketones is 1. The maximum atomic E-state index is 11.4. The van der Waals surface area contributed by atoms with E-state index in [2.05, 4.69) is 0 Å². The Bertz CT molecular complexity index is 334. The SMILES string of the molecule is COC(OC)c1cccc(C(=O)CN)c1. The van der Waals surface area contributed by atoms with Crippen LogP contribution in [0.4, 0.5) is 0 Å². The van der Waals surface area contributed by atoms with Crippen LogP contribution in [0.15, 0.2) is 24.3 Å². The summed E-state index contributed by atoms with van der Waals surface area (Å²) in [4.78, 5) is 11.4. The van der Waals surface area contributed by atoms with E-state index in [-0.39, 0.29) is 12.3 Å². The Kier molecular flexibility index (Phi) is 4.42. The van der Waals surface area contributed by atoms with Crippen molar-refractivity contribution in [3.63, 3.8) is 0 Å². The van der Waals surface area contributed by atoms with E-state index in [9.17, 15) is 4.79 Å². The third-order valence-electron chi connectivity index (χ3n) is 2.09. The minimum Gasteiger partial charge on any atom is -0.352 e. The molecule has 15 heavy (non-hydrogen) atoms. The van der Waals surface area contributed by atoms with Crippen molar-refractivity contribution in [3.8, 4) is 0 Å². The van der Waals surface area contributed by atoms with Crippen LogP contribution in [0.5, 0.6) is 0 Å².